The Morgan fingerprint density at radius 2 is 2.15 bits per heavy atom. The molecule has 1 aromatic carbocycles. The Morgan fingerprint density at radius 1 is 1.35 bits per heavy atom. The molecule has 1 aliphatic rings. The van der Waals surface area contributed by atoms with Gasteiger partial charge in [0.1, 0.15) is 13.2 Å². The molecule has 0 aromatic heterocycles. The van der Waals surface area contributed by atoms with E-state index in [0.29, 0.717) is 13.2 Å². The molecule has 0 radical (unpaired) electrons. The summed E-state index contributed by atoms with van der Waals surface area (Å²) in [5.41, 5.74) is 1.05. The summed E-state index contributed by atoms with van der Waals surface area (Å²) in [6, 6.07) is 7.82. The number of rotatable bonds is 5. The van der Waals surface area contributed by atoms with Gasteiger partial charge in [-0.25, -0.2) is 0 Å². The number of ether oxygens (including phenoxy) is 2. The lowest BCUT2D eigenvalue weighted by molar-refractivity contribution is -0.142. The van der Waals surface area contributed by atoms with Gasteiger partial charge in [0.05, 0.1) is 16.5 Å². The molecule has 1 aromatic rings. The fourth-order valence-corrected chi connectivity index (χ4v) is 2.32. The third kappa shape index (κ3) is 4.17. The van der Waals surface area contributed by atoms with Crippen LogP contribution in [-0.4, -0.2) is 32.3 Å². The minimum absolute atomic E-state index is 0.281. The van der Waals surface area contributed by atoms with Gasteiger partial charge in [-0.1, -0.05) is 23.7 Å². The number of halogens is 1. The van der Waals surface area contributed by atoms with E-state index in [-0.39, 0.29) is 5.97 Å². The molecule has 0 unspecified atom stereocenters. The van der Waals surface area contributed by atoms with Crippen LogP contribution in [0, 0.1) is 0 Å². The minimum Gasteiger partial charge on any atom is -0.495 e. The molecule has 0 saturated carbocycles. The Balaban J connectivity index is 1.81. The molecule has 108 valence electrons. The highest BCUT2D eigenvalue weighted by atomic mass is 35.5. The van der Waals surface area contributed by atoms with E-state index in [4.69, 9.17) is 21.1 Å². The predicted octanol–water partition coefficient (Wildman–Crippen LogP) is 3.01. The fourth-order valence-electron chi connectivity index (χ4n) is 2.07. The largest absolute Gasteiger partial charge is 0.495 e. The first-order chi connectivity index (χ1) is 9.66. The predicted molar refractivity (Wildman–Crippen MR) is 79.0 cm³/mol. The Bertz CT molecular complexity index is 502. The zero-order valence-corrected chi connectivity index (χ0v) is 12.2. The van der Waals surface area contributed by atoms with E-state index in [1.165, 1.54) is 6.92 Å². The summed E-state index contributed by atoms with van der Waals surface area (Å²) >= 11 is 6.18. The van der Waals surface area contributed by atoms with E-state index in [0.717, 1.165) is 36.0 Å². The normalized spacial score (nSPS) is 14.7. The second kappa shape index (κ2) is 7.20. The lowest BCUT2D eigenvalue weighted by Crippen LogP contribution is -2.29. The second-order valence-corrected chi connectivity index (χ2v) is 4.91. The molecule has 0 fully saturated rings. The Morgan fingerprint density at radius 3 is 2.80 bits per heavy atom. The number of hydrogen-bond acceptors (Lipinski definition) is 4. The van der Waals surface area contributed by atoms with Crippen molar-refractivity contribution in [2.75, 3.05) is 31.2 Å². The van der Waals surface area contributed by atoms with E-state index in [1.54, 1.807) is 0 Å². The zero-order chi connectivity index (χ0) is 14.4. The van der Waals surface area contributed by atoms with Crippen molar-refractivity contribution in [2.45, 2.75) is 13.3 Å². The highest BCUT2D eigenvalue weighted by Gasteiger charge is 2.15. The van der Waals surface area contributed by atoms with Gasteiger partial charge in [-0.05, 0) is 18.2 Å². The van der Waals surface area contributed by atoms with Crippen LogP contribution in [0.25, 0.3) is 0 Å². The van der Waals surface area contributed by atoms with Crippen molar-refractivity contribution in [2.24, 2.45) is 0 Å². The van der Waals surface area contributed by atoms with E-state index >= 15 is 0 Å². The number of hydrogen-bond donors (Lipinski definition) is 0. The maximum absolute atomic E-state index is 10.6. The lowest BCUT2D eigenvalue weighted by Gasteiger charge is -2.29. The SMILES string of the molecule is CC(=O)OCCOC1=CCN(c2ccccc2Cl)CC1. The Kier molecular flexibility index (Phi) is 5.30. The number of carbonyl (C=O) groups is 1. The van der Waals surface area contributed by atoms with Gasteiger partial charge >= 0.3 is 5.97 Å². The van der Waals surface area contributed by atoms with Crippen molar-refractivity contribution in [1.29, 1.82) is 0 Å². The fraction of sp³-hybridized carbons (Fsp3) is 0.400. The maximum atomic E-state index is 10.6. The monoisotopic (exact) mass is 295 g/mol. The van der Waals surface area contributed by atoms with Crippen LogP contribution in [0.15, 0.2) is 36.1 Å². The molecule has 0 aliphatic carbocycles. The van der Waals surface area contributed by atoms with Gasteiger partial charge in [0.15, 0.2) is 0 Å². The summed E-state index contributed by atoms with van der Waals surface area (Å²) in [5.74, 6) is 0.663. The molecule has 0 N–H and O–H groups in total. The van der Waals surface area contributed by atoms with E-state index in [9.17, 15) is 4.79 Å². The van der Waals surface area contributed by atoms with Crippen LogP contribution >= 0.6 is 11.6 Å². The molecule has 1 aliphatic heterocycles. The molecule has 2 rings (SSSR count). The number of nitrogens with zero attached hydrogens (tertiary/aromatic N) is 1. The first-order valence-corrected chi connectivity index (χ1v) is 6.99. The van der Waals surface area contributed by atoms with Crippen LogP contribution in [-0.2, 0) is 14.3 Å². The quantitative estimate of drug-likeness (QED) is 0.618. The molecular formula is C15H18ClNO3. The molecule has 0 atom stereocenters. The molecular weight excluding hydrogens is 278 g/mol. The van der Waals surface area contributed by atoms with Crippen molar-refractivity contribution < 1.29 is 14.3 Å². The highest BCUT2D eigenvalue weighted by Crippen LogP contribution is 2.27. The smallest absolute Gasteiger partial charge is 0.302 e. The zero-order valence-electron chi connectivity index (χ0n) is 11.5. The highest BCUT2D eigenvalue weighted by molar-refractivity contribution is 6.33. The van der Waals surface area contributed by atoms with Crippen molar-refractivity contribution in [3.8, 4) is 0 Å². The van der Waals surface area contributed by atoms with E-state index < -0.39 is 0 Å². The van der Waals surface area contributed by atoms with Crippen molar-refractivity contribution in [3.63, 3.8) is 0 Å². The molecule has 0 spiro atoms. The number of para-hydroxylation sites is 1. The van der Waals surface area contributed by atoms with Crippen LogP contribution < -0.4 is 4.90 Å². The molecule has 4 nitrogen and oxygen atoms in total. The summed E-state index contributed by atoms with van der Waals surface area (Å²) in [5, 5.41) is 0.764. The van der Waals surface area contributed by atoms with Crippen molar-refractivity contribution in [3.05, 3.63) is 41.1 Å². The average Bonchev–Trinajstić information content (AvgIpc) is 2.45. The van der Waals surface area contributed by atoms with Crippen LogP contribution in [0.3, 0.4) is 0 Å². The summed E-state index contributed by atoms with van der Waals surface area (Å²) in [6.07, 6.45) is 2.87. The van der Waals surface area contributed by atoms with Crippen LogP contribution in [0.2, 0.25) is 5.02 Å². The van der Waals surface area contributed by atoms with Gasteiger partial charge in [-0.2, -0.15) is 0 Å². The van der Waals surface area contributed by atoms with Gasteiger partial charge in [-0.15, -0.1) is 0 Å². The first kappa shape index (κ1) is 14.7. The van der Waals surface area contributed by atoms with Gasteiger partial charge in [-0.3, -0.25) is 4.79 Å². The molecule has 0 amide bonds. The first-order valence-electron chi connectivity index (χ1n) is 6.61. The third-order valence-corrected chi connectivity index (χ3v) is 3.36. The number of esters is 1. The van der Waals surface area contributed by atoms with Gasteiger partial charge in [0, 0.05) is 26.4 Å². The van der Waals surface area contributed by atoms with Crippen LogP contribution in [0.5, 0.6) is 0 Å². The summed E-state index contributed by atoms with van der Waals surface area (Å²) in [6.45, 7) is 3.72. The Hall–Kier alpha value is -1.68. The van der Waals surface area contributed by atoms with Gasteiger partial charge in [0.25, 0.3) is 0 Å². The number of anilines is 1. The number of benzene rings is 1. The van der Waals surface area contributed by atoms with E-state index in [1.807, 2.05) is 30.3 Å². The molecule has 1 heterocycles. The van der Waals surface area contributed by atoms with Gasteiger partial charge < -0.3 is 14.4 Å². The molecule has 20 heavy (non-hydrogen) atoms. The summed E-state index contributed by atoms with van der Waals surface area (Å²) in [7, 11) is 0. The third-order valence-electron chi connectivity index (χ3n) is 3.04. The Labute approximate surface area is 123 Å². The minimum atomic E-state index is -0.281. The molecule has 0 saturated heterocycles. The topological polar surface area (TPSA) is 38.8 Å². The maximum Gasteiger partial charge on any atom is 0.302 e. The summed E-state index contributed by atoms with van der Waals surface area (Å²) in [4.78, 5) is 12.8. The average molecular weight is 296 g/mol. The molecule has 5 heteroatoms. The summed E-state index contributed by atoms with van der Waals surface area (Å²) < 4.78 is 10.4. The van der Waals surface area contributed by atoms with Gasteiger partial charge in [0.2, 0.25) is 0 Å². The van der Waals surface area contributed by atoms with Crippen LogP contribution in [0.4, 0.5) is 5.69 Å². The lowest BCUT2D eigenvalue weighted by atomic mass is 10.2. The standard InChI is InChI=1S/C15H18ClNO3/c1-12(18)19-10-11-20-13-6-8-17(9-7-13)15-5-3-2-4-14(15)16/h2-6H,7-11H2,1H3. The van der Waals surface area contributed by atoms with Crippen molar-refractivity contribution >= 4 is 23.3 Å². The number of carbonyl (C=O) groups excluding carboxylic acids is 1. The van der Waals surface area contributed by atoms with Crippen LogP contribution in [0.1, 0.15) is 13.3 Å². The van der Waals surface area contributed by atoms with E-state index in [2.05, 4.69) is 4.90 Å². The molecule has 0 bridgehead atoms. The second-order valence-electron chi connectivity index (χ2n) is 4.51. The van der Waals surface area contributed by atoms with Crippen molar-refractivity contribution in [1.82, 2.24) is 0 Å².